The lowest BCUT2D eigenvalue weighted by Crippen LogP contribution is -2.28. The molecule has 2 N–H and O–H groups in total. The largest absolute Gasteiger partial charge is 0.482 e. The minimum atomic E-state index is -0.182. The van der Waals surface area contributed by atoms with E-state index in [0.29, 0.717) is 28.9 Å². The average molecular weight is 291 g/mol. The zero-order valence-electron chi connectivity index (χ0n) is 10.3. The summed E-state index contributed by atoms with van der Waals surface area (Å²) in [6.45, 7) is 2.91. The normalized spacial score (nSPS) is 10.2. The molecule has 0 saturated heterocycles. The van der Waals surface area contributed by atoms with E-state index in [2.05, 4.69) is 10.6 Å². The standard InChI is InChI=1S/C12H16Cl2N2O2/c1-3-16-11(17)7-18-12-8(6-15-2)4-9(13)5-10(12)14/h4-5,15H,3,6-7H2,1-2H3,(H,16,17). The van der Waals surface area contributed by atoms with Crippen LogP contribution in [0.5, 0.6) is 5.75 Å². The van der Waals surface area contributed by atoms with Crippen molar-refractivity contribution in [3.63, 3.8) is 0 Å². The SMILES string of the molecule is CCNC(=O)COc1c(Cl)cc(Cl)cc1CNC. The molecule has 0 saturated carbocycles. The third-order valence-electron chi connectivity index (χ3n) is 2.17. The fraction of sp³-hybridized carbons (Fsp3) is 0.417. The smallest absolute Gasteiger partial charge is 0.257 e. The van der Waals surface area contributed by atoms with Crippen LogP contribution in [0.1, 0.15) is 12.5 Å². The average Bonchev–Trinajstić information content (AvgIpc) is 2.28. The molecule has 0 aliphatic rings. The van der Waals surface area contributed by atoms with E-state index in [4.69, 9.17) is 27.9 Å². The molecule has 6 heteroatoms. The number of halogens is 2. The molecule has 1 aromatic rings. The summed E-state index contributed by atoms with van der Waals surface area (Å²) in [7, 11) is 1.81. The van der Waals surface area contributed by atoms with Gasteiger partial charge in [-0.05, 0) is 26.1 Å². The predicted octanol–water partition coefficient (Wildman–Crippen LogP) is 2.23. The predicted molar refractivity (Wildman–Crippen MR) is 73.4 cm³/mol. The second-order valence-electron chi connectivity index (χ2n) is 3.65. The molecule has 0 aliphatic carbocycles. The van der Waals surface area contributed by atoms with Gasteiger partial charge in [0.15, 0.2) is 6.61 Å². The summed E-state index contributed by atoms with van der Waals surface area (Å²) >= 11 is 12.0. The van der Waals surface area contributed by atoms with Crippen LogP contribution in [0, 0.1) is 0 Å². The molecular formula is C12H16Cl2N2O2. The Balaban J connectivity index is 2.82. The van der Waals surface area contributed by atoms with E-state index >= 15 is 0 Å². The van der Waals surface area contributed by atoms with Crippen LogP contribution in [0.3, 0.4) is 0 Å². The van der Waals surface area contributed by atoms with Gasteiger partial charge in [-0.25, -0.2) is 0 Å². The topological polar surface area (TPSA) is 50.4 Å². The Labute approximate surface area is 117 Å². The summed E-state index contributed by atoms with van der Waals surface area (Å²) in [5.41, 5.74) is 0.819. The number of hydrogen-bond donors (Lipinski definition) is 2. The van der Waals surface area contributed by atoms with Gasteiger partial charge in [-0.3, -0.25) is 4.79 Å². The van der Waals surface area contributed by atoms with Crippen LogP contribution in [0.4, 0.5) is 0 Å². The molecule has 1 aromatic carbocycles. The van der Waals surface area contributed by atoms with Gasteiger partial charge in [0.25, 0.3) is 5.91 Å². The Bertz CT molecular complexity index is 425. The van der Waals surface area contributed by atoms with Crippen LogP contribution in [-0.4, -0.2) is 26.1 Å². The zero-order chi connectivity index (χ0) is 13.5. The zero-order valence-corrected chi connectivity index (χ0v) is 11.9. The molecule has 1 rings (SSSR count). The molecule has 0 heterocycles. The molecule has 0 fully saturated rings. The minimum Gasteiger partial charge on any atom is -0.482 e. The van der Waals surface area contributed by atoms with E-state index in [1.54, 1.807) is 12.1 Å². The molecule has 0 unspecified atom stereocenters. The lowest BCUT2D eigenvalue weighted by Gasteiger charge is -2.13. The highest BCUT2D eigenvalue weighted by atomic mass is 35.5. The van der Waals surface area contributed by atoms with E-state index in [0.717, 1.165) is 5.56 Å². The lowest BCUT2D eigenvalue weighted by molar-refractivity contribution is -0.122. The molecule has 100 valence electrons. The first-order valence-electron chi connectivity index (χ1n) is 5.60. The monoisotopic (exact) mass is 290 g/mol. The first kappa shape index (κ1) is 15.1. The third kappa shape index (κ3) is 4.37. The van der Waals surface area contributed by atoms with Crippen molar-refractivity contribution in [2.45, 2.75) is 13.5 Å². The van der Waals surface area contributed by atoms with Crippen LogP contribution < -0.4 is 15.4 Å². The molecule has 0 bridgehead atoms. The molecule has 0 aromatic heterocycles. The Morgan fingerprint density at radius 3 is 2.72 bits per heavy atom. The second kappa shape index (κ2) is 7.46. The van der Waals surface area contributed by atoms with E-state index in [1.165, 1.54) is 0 Å². The van der Waals surface area contributed by atoms with Gasteiger partial charge in [-0.1, -0.05) is 23.2 Å². The number of hydrogen-bond acceptors (Lipinski definition) is 3. The van der Waals surface area contributed by atoms with Gasteiger partial charge in [0.2, 0.25) is 0 Å². The molecule has 0 aliphatic heterocycles. The summed E-state index contributed by atoms with van der Waals surface area (Å²) in [6, 6.07) is 3.35. The maximum Gasteiger partial charge on any atom is 0.257 e. The minimum absolute atomic E-state index is 0.0636. The van der Waals surface area contributed by atoms with Gasteiger partial charge < -0.3 is 15.4 Å². The van der Waals surface area contributed by atoms with Crippen molar-refractivity contribution in [1.29, 1.82) is 0 Å². The first-order chi connectivity index (χ1) is 8.58. The summed E-state index contributed by atoms with van der Waals surface area (Å²) in [6.07, 6.45) is 0. The molecule has 0 spiro atoms. The Morgan fingerprint density at radius 1 is 1.39 bits per heavy atom. The van der Waals surface area contributed by atoms with Gasteiger partial charge in [-0.15, -0.1) is 0 Å². The molecule has 1 amide bonds. The van der Waals surface area contributed by atoms with Crippen LogP contribution in [0.25, 0.3) is 0 Å². The summed E-state index contributed by atoms with van der Waals surface area (Å²) in [5, 5.41) is 6.58. The number of carbonyl (C=O) groups is 1. The van der Waals surface area contributed by atoms with Gasteiger partial charge in [-0.2, -0.15) is 0 Å². The second-order valence-corrected chi connectivity index (χ2v) is 4.49. The van der Waals surface area contributed by atoms with Gasteiger partial charge in [0, 0.05) is 23.7 Å². The number of likely N-dealkylation sites (N-methyl/N-ethyl adjacent to an activating group) is 1. The van der Waals surface area contributed by atoms with E-state index in [-0.39, 0.29) is 12.5 Å². The first-order valence-corrected chi connectivity index (χ1v) is 6.36. The van der Waals surface area contributed by atoms with Crippen LogP contribution in [0.15, 0.2) is 12.1 Å². The van der Waals surface area contributed by atoms with Crippen molar-refractivity contribution in [3.05, 3.63) is 27.7 Å². The molecule has 0 atom stereocenters. The maximum absolute atomic E-state index is 11.3. The van der Waals surface area contributed by atoms with E-state index in [9.17, 15) is 4.79 Å². The van der Waals surface area contributed by atoms with E-state index in [1.807, 2.05) is 14.0 Å². The number of ether oxygens (including phenoxy) is 1. The van der Waals surface area contributed by atoms with Crippen LogP contribution in [0.2, 0.25) is 10.0 Å². The van der Waals surface area contributed by atoms with Gasteiger partial charge >= 0.3 is 0 Å². The van der Waals surface area contributed by atoms with Crippen molar-refractivity contribution in [2.75, 3.05) is 20.2 Å². The number of amides is 1. The highest BCUT2D eigenvalue weighted by Crippen LogP contribution is 2.32. The van der Waals surface area contributed by atoms with Crippen molar-refractivity contribution in [2.24, 2.45) is 0 Å². The summed E-state index contributed by atoms with van der Waals surface area (Å²) in [4.78, 5) is 11.3. The molecule has 18 heavy (non-hydrogen) atoms. The highest BCUT2D eigenvalue weighted by molar-refractivity contribution is 6.35. The van der Waals surface area contributed by atoms with Crippen molar-refractivity contribution < 1.29 is 9.53 Å². The van der Waals surface area contributed by atoms with Crippen molar-refractivity contribution in [3.8, 4) is 5.75 Å². The Hall–Kier alpha value is -0.970. The number of carbonyl (C=O) groups excluding carboxylic acids is 1. The molecule has 4 nitrogen and oxygen atoms in total. The third-order valence-corrected chi connectivity index (χ3v) is 2.67. The van der Waals surface area contributed by atoms with Gasteiger partial charge in [0.1, 0.15) is 5.75 Å². The highest BCUT2D eigenvalue weighted by Gasteiger charge is 2.12. The summed E-state index contributed by atoms with van der Waals surface area (Å²) < 4.78 is 5.45. The molecular weight excluding hydrogens is 275 g/mol. The van der Waals surface area contributed by atoms with Crippen molar-refractivity contribution >= 4 is 29.1 Å². The quantitative estimate of drug-likeness (QED) is 0.845. The fourth-order valence-corrected chi connectivity index (χ4v) is 2.07. The molecule has 0 radical (unpaired) electrons. The lowest BCUT2D eigenvalue weighted by atomic mass is 10.2. The number of nitrogens with one attached hydrogen (secondary N) is 2. The number of benzene rings is 1. The Morgan fingerprint density at radius 2 is 2.11 bits per heavy atom. The van der Waals surface area contributed by atoms with Crippen molar-refractivity contribution in [1.82, 2.24) is 10.6 Å². The maximum atomic E-state index is 11.3. The number of rotatable bonds is 6. The summed E-state index contributed by atoms with van der Waals surface area (Å²) in [5.74, 6) is 0.306. The van der Waals surface area contributed by atoms with Crippen LogP contribution >= 0.6 is 23.2 Å². The van der Waals surface area contributed by atoms with Gasteiger partial charge in [0.05, 0.1) is 5.02 Å². The van der Waals surface area contributed by atoms with E-state index < -0.39 is 0 Å². The fourth-order valence-electron chi connectivity index (χ4n) is 1.48. The Kier molecular flexibility index (Phi) is 6.25. The van der Waals surface area contributed by atoms with Crippen LogP contribution in [-0.2, 0) is 11.3 Å².